The zero-order chi connectivity index (χ0) is 10.4. The minimum atomic E-state index is -0.303. The summed E-state index contributed by atoms with van der Waals surface area (Å²) in [6.45, 7) is 0.590. The molecule has 1 nitrogen and oxygen atoms in total. The van der Waals surface area contributed by atoms with Gasteiger partial charge in [0.25, 0.3) is 0 Å². The van der Waals surface area contributed by atoms with Gasteiger partial charge in [0.05, 0.1) is 6.61 Å². The third-order valence-electron chi connectivity index (χ3n) is 1.64. The van der Waals surface area contributed by atoms with Crippen LogP contribution in [0, 0.1) is 5.82 Å². The fraction of sp³-hybridized carbons (Fsp3) is 0.400. The molecule has 0 heterocycles. The van der Waals surface area contributed by atoms with E-state index in [4.69, 9.17) is 16.3 Å². The predicted molar refractivity (Wildman–Crippen MR) is 59.8 cm³/mol. The lowest BCUT2D eigenvalue weighted by Crippen LogP contribution is -2.00. The van der Waals surface area contributed by atoms with E-state index >= 15 is 0 Å². The SMILES string of the molecule is CSCCOc1cc(F)cc(CCl)c1. The van der Waals surface area contributed by atoms with Gasteiger partial charge in [0.15, 0.2) is 0 Å². The van der Waals surface area contributed by atoms with Crippen LogP contribution in [0.2, 0.25) is 0 Å². The van der Waals surface area contributed by atoms with Gasteiger partial charge in [0.1, 0.15) is 11.6 Å². The van der Waals surface area contributed by atoms with Crippen molar-refractivity contribution >= 4 is 23.4 Å². The lowest BCUT2D eigenvalue weighted by molar-refractivity contribution is 0.341. The summed E-state index contributed by atoms with van der Waals surface area (Å²) in [4.78, 5) is 0. The predicted octanol–water partition coefficient (Wildman–Crippen LogP) is 3.31. The lowest BCUT2D eigenvalue weighted by atomic mass is 10.2. The number of ether oxygens (including phenoxy) is 1. The molecule has 4 heteroatoms. The van der Waals surface area contributed by atoms with Gasteiger partial charge in [-0.25, -0.2) is 4.39 Å². The summed E-state index contributed by atoms with van der Waals surface area (Å²) in [5.74, 6) is 1.45. The summed E-state index contributed by atoms with van der Waals surface area (Å²) in [6, 6.07) is 4.54. The van der Waals surface area contributed by atoms with Crippen molar-refractivity contribution in [1.29, 1.82) is 0 Å². The van der Waals surface area contributed by atoms with Crippen molar-refractivity contribution < 1.29 is 9.13 Å². The summed E-state index contributed by atoms with van der Waals surface area (Å²) in [6.07, 6.45) is 2.00. The van der Waals surface area contributed by atoms with E-state index < -0.39 is 0 Å². The van der Waals surface area contributed by atoms with Crippen molar-refractivity contribution in [2.75, 3.05) is 18.6 Å². The highest BCUT2D eigenvalue weighted by atomic mass is 35.5. The van der Waals surface area contributed by atoms with Crippen LogP contribution < -0.4 is 4.74 Å². The molecule has 0 radical (unpaired) electrons. The van der Waals surface area contributed by atoms with Crippen LogP contribution >= 0.6 is 23.4 Å². The molecule has 1 aromatic carbocycles. The van der Waals surface area contributed by atoms with E-state index in [0.29, 0.717) is 18.2 Å². The molecule has 14 heavy (non-hydrogen) atoms. The molecule has 0 saturated carbocycles. The summed E-state index contributed by atoms with van der Waals surface area (Å²) >= 11 is 7.30. The van der Waals surface area contributed by atoms with Gasteiger partial charge in [-0.3, -0.25) is 0 Å². The molecule has 1 rings (SSSR count). The Bertz CT molecular complexity index is 293. The molecule has 0 aliphatic rings. The highest BCUT2D eigenvalue weighted by molar-refractivity contribution is 7.98. The van der Waals surface area contributed by atoms with Crippen LogP contribution in [0.25, 0.3) is 0 Å². The van der Waals surface area contributed by atoms with Crippen LogP contribution in [0.4, 0.5) is 4.39 Å². The fourth-order valence-electron chi connectivity index (χ4n) is 1.02. The molecule has 0 saturated heterocycles. The van der Waals surface area contributed by atoms with E-state index in [1.807, 2.05) is 6.26 Å². The molecule has 0 fully saturated rings. The molecule has 0 N–H and O–H groups in total. The molecular weight excluding hydrogens is 223 g/mol. The standard InChI is InChI=1S/C10H12ClFOS/c1-14-3-2-13-10-5-8(7-11)4-9(12)6-10/h4-6H,2-3,7H2,1H3. The molecule has 0 amide bonds. The molecule has 78 valence electrons. The maximum absolute atomic E-state index is 13.0. The number of halogens is 2. The zero-order valence-electron chi connectivity index (χ0n) is 7.93. The van der Waals surface area contributed by atoms with Crippen molar-refractivity contribution in [2.24, 2.45) is 0 Å². The van der Waals surface area contributed by atoms with Crippen molar-refractivity contribution in [3.8, 4) is 5.75 Å². The van der Waals surface area contributed by atoms with Crippen LogP contribution in [0.5, 0.6) is 5.75 Å². The van der Waals surface area contributed by atoms with Gasteiger partial charge < -0.3 is 4.74 Å². The first-order valence-corrected chi connectivity index (χ1v) is 6.16. The summed E-state index contributed by atoms with van der Waals surface area (Å²) in [5, 5.41) is 0. The third kappa shape index (κ3) is 3.76. The van der Waals surface area contributed by atoms with E-state index in [1.165, 1.54) is 12.1 Å². The van der Waals surface area contributed by atoms with Crippen LogP contribution in [0.15, 0.2) is 18.2 Å². The average Bonchev–Trinajstić information content (AvgIpc) is 2.17. The Balaban J connectivity index is 2.62. The largest absolute Gasteiger partial charge is 0.493 e. The van der Waals surface area contributed by atoms with Crippen LogP contribution in [-0.4, -0.2) is 18.6 Å². The minimum Gasteiger partial charge on any atom is -0.493 e. The van der Waals surface area contributed by atoms with E-state index in [-0.39, 0.29) is 5.82 Å². The number of rotatable bonds is 5. The second kappa shape index (κ2) is 6.14. The number of thioether (sulfide) groups is 1. The summed E-state index contributed by atoms with van der Waals surface area (Å²) < 4.78 is 18.3. The van der Waals surface area contributed by atoms with Gasteiger partial charge >= 0.3 is 0 Å². The molecule has 0 aliphatic carbocycles. The number of hydrogen-bond donors (Lipinski definition) is 0. The average molecular weight is 235 g/mol. The molecule has 0 spiro atoms. The maximum atomic E-state index is 13.0. The molecular formula is C10H12ClFOS. The zero-order valence-corrected chi connectivity index (χ0v) is 9.50. The first-order chi connectivity index (χ1) is 6.76. The van der Waals surface area contributed by atoms with Gasteiger partial charge in [-0.05, 0) is 24.0 Å². The third-order valence-corrected chi connectivity index (χ3v) is 2.53. The van der Waals surface area contributed by atoms with Gasteiger partial charge in [-0.1, -0.05) is 0 Å². The number of hydrogen-bond acceptors (Lipinski definition) is 2. The fourth-order valence-corrected chi connectivity index (χ4v) is 1.43. The smallest absolute Gasteiger partial charge is 0.127 e. The Labute approximate surface area is 92.6 Å². The van der Waals surface area contributed by atoms with Crippen molar-refractivity contribution in [3.63, 3.8) is 0 Å². The normalized spacial score (nSPS) is 10.2. The van der Waals surface area contributed by atoms with Crippen LogP contribution in [0.3, 0.4) is 0 Å². The summed E-state index contributed by atoms with van der Waals surface area (Å²) in [5.41, 5.74) is 0.741. The monoisotopic (exact) mass is 234 g/mol. The van der Waals surface area contributed by atoms with Crippen molar-refractivity contribution in [3.05, 3.63) is 29.6 Å². The molecule has 0 bridgehead atoms. The number of benzene rings is 1. The first kappa shape index (κ1) is 11.7. The van der Waals surface area contributed by atoms with Gasteiger partial charge in [-0.15, -0.1) is 11.6 Å². The second-order valence-electron chi connectivity index (χ2n) is 2.77. The Morgan fingerprint density at radius 3 is 2.86 bits per heavy atom. The minimum absolute atomic E-state index is 0.302. The van der Waals surface area contributed by atoms with Gasteiger partial charge in [-0.2, -0.15) is 11.8 Å². The topological polar surface area (TPSA) is 9.23 Å². The van der Waals surface area contributed by atoms with Crippen molar-refractivity contribution in [2.45, 2.75) is 5.88 Å². The molecule has 1 aromatic rings. The molecule has 0 unspecified atom stereocenters. The maximum Gasteiger partial charge on any atom is 0.127 e. The quantitative estimate of drug-likeness (QED) is 0.571. The van der Waals surface area contributed by atoms with E-state index in [9.17, 15) is 4.39 Å². The number of alkyl halides is 1. The highest BCUT2D eigenvalue weighted by Crippen LogP contribution is 2.17. The Morgan fingerprint density at radius 1 is 1.43 bits per heavy atom. The van der Waals surface area contributed by atoms with Crippen molar-refractivity contribution in [1.82, 2.24) is 0 Å². The van der Waals surface area contributed by atoms with Gasteiger partial charge in [0.2, 0.25) is 0 Å². The van der Waals surface area contributed by atoms with E-state index in [1.54, 1.807) is 17.8 Å². The second-order valence-corrected chi connectivity index (χ2v) is 4.02. The Morgan fingerprint density at radius 2 is 2.21 bits per heavy atom. The van der Waals surface area contributed by atoms with E-state index in [2.05, 4.69) is 0 Å². The Kier molecular flexibility index (Phi) is 5.12. The molecule has 0 aliphatic heterocycles. The Hall–Kier alpha value is -0.410. The van der Waals surface area contributed by atoms with E-state index in [0.717, 1.165) is 11.3 Å². The van der Waals surface area contributed by atoms with Gasteiger partial charge in [0, 0.05) is 17.7 Å². The first-order valence-electron chi connectivity index (χ1n) is 4.23. The molecule has 0 aromatic heterocycles. The van der Waals surface area contributed by atoms with Crippen LogP contribution in [0.1, 0.15) is 5.56 Å². The highest BCUT2D eigenvalue weighted by Gasteiger charge is 2.00. The summed E-state index contributed by atoms with van der Waals surface area (Å²) in [7, 11) is 0. The van der Waals surface area contributed by atoms with Crippen LogP contribution in [-0.2, 0) is 5.88 Å². The molecule has 0 atom stereocenters. The lowest BCUT2D eigenvalue weighted by Gasteiger charge is -2.06.